The van der Waals surface area contributed by atoms with Gasteiger partial charge in [0, 0.05) is 12.7 Å². The number of halogens is 1. The summed E-state index contributed by atoms with van der Waals surface area (Å²) in [5.41, 5.74) is 5.47. The summed E-state index contributed by atoms with van der Waals surface area (Å²) in [4.78, 5) is 0. The fraction of sp³-hybridized carbons (Fsp3) is 0.500. The Morgan fingerprint density at radius 3 is 2.69 bits per heavy atom. The Balaban J connectivity index is 2.24. The first-order valence-electron chi connectivity index (χ1n) is 5.35. The summed E-state index contributed by atoms with van der Waals surface area (Å²) in [6.45, 7) is 5.78. The molecule has 0 fully saturated rings. The van der Waals surface area contributed by atoms with Crippen LogP contribution < -0.4 is 10.5 Å². The van der Waals surface area contributed by atoms with E-state index >= 15 is 0 Å². The zero-order chi connectivity index (χ0) is 12.0. The molecule has 4 heteroatoms. The predicted molar refractivity (Wildman–Crippen MR) is 62.0 cm³/mol. The van der Waals surface area contributed by atoms with Crippen molar-refractivity contribution >= 4 is 5.69 Å². The van der Waals surface area contributed by atoms with Crippen LogP contribution in [0.25, 0.3) is 0 Å². The van der Waals surface area contributed by atoms with Crippen LogP contribution in [0.3, 0.4) is 0 Å². The molecule has 0 radical (unpaired) electrons. The molecule has 0 saturated carbocycles. The molecule has 90 valence electrons. The van der Waals surface area contributed by atoms with Crippen LogP contribution in [0, 0.1) is 11.7 Å². The van der Waals surface area contributed by atoms with E-state index in [2.05, 4.69) is 13.8 Å². The Morgan fingerprint density at radius 1 is 1.31 bits per heavy atom. The van der Waals surface area contributed by atoms with E-state index in [1.807, 2.05) is 0 Å². The van der Waals surface area contributed by atoms with Crippen molar-refractivity contribution in [3.8, 4) is 5.75 Å². The van der Waals surface area contributed by atoms with Crippen molar-refractivity contribution in [1.82, 2.24) is 0 Å². The molecule has 16 heavy (non-hydrogen) atoms. The van der Waals surface area contributed by atoms with Gasteiger partial charge in [-0.3, -0.25) is 0 Å². The Morgan fingerprint density at radius 2 is 2.06 bits per heavy atom. The van der Waals surface area contributed by atoms with E-state index in [0.717, 1.165) is 0 Å². The first-order valence-corrected chi connectivity index (χ1v) is 5.35. The van der Waals surface area contributed by atoms with Crippen molar-refractivity contribution in [1.29, 1.82) is 0 Å². The summed E-state index contributed by atoms with van der Waals surface area (Å²) in [7, 11) is 0. The second-order valence-corrected chi connectivity index (χ2v) is 4.00. The van der Waals surface area contributed by atoms with Crippen LogP contribution in [0.2, 0.25) is 0 Å². The fourth-order valence-corrected chi connectivity index (χ4v) is 1.14. The highest BCUT2D eigenvalue weighted by Crippen LogP contribution is 2.17. The number of ether oxygens (including phenoxy) is 2. The molecule has 0 spiro atoms. The molecule has 0 bridgehead atoms. The maximum atomic E-state index is 13.0. The highest BCUT2D eigenvalue weighted by atomic mass is 19.1. The molecule has 0 aliphatic rings. The average Bonchev–Trinajstić information content (AvgIpc) is 2.22. The lowest BCUT2D eigenvalue weighted by molar-refractivity contribution is 0.0818. The minimum absolute atomic E-state index is 0.128. The van der Waals surface area contributed by atoms with Gasteiger partial charge < -0.3 is 15.2 Å². The summed E-state index contributed by atoms with van der Waals surface area (Å²) >= 11 is 0. The van der Waals surface area contributed by atoms with Crippen LogP contribution in [0.4, 0.5) is 10.1 Å². The molecule has 0 saturated heterocycles. The van der Waals surface area contributed by atoms with Gasteiger partial charge in [-0.25, -0.2) is 4.39 Å². The number of nitrogen functional groups attached to an aromatic ring is 1. The number of hydrogen-bond donors (Lipinski definition) is 1. The van der Waals surface area contributed by atoms with E-state index in [9.17, 15) is 4.39 Å². The Hall–Kier alpha value is -1.29. The molecular weight excluding hydrogens is 209 g/mol. The Bertz CT molecular complexity index is 329. The predicted octanol–water partition coefficient (Wildman–Crippen LogP) is 2.46. The van der Waals surface area contributed by atoms with Crippen molar-refractivity contribution in [2.75, 3.05) is 25.6 Å². The van der Waals surface area contributed by atoms with E-state index in [0.29, 0.717) is 31.5 Å². The van der Waals surface area contributed by atoms with Crippen LogP contribution >= 0.6 is 0 Å². The third-order valence-corrected chi connectivity index (χ3v) is 1.92. The van der Waals surface area contributed by atoms with Gasteiger partial charge >= 0.3 is 0 Å². The maximum Gasteiger partial charge on any atom is 0.149 e. The zero-order valence-electron chi connectivity index (χ0n) is 9.70. The molecule has 0 heterocycles. The van der Waals surface area contributed by atoms with Gasteiger partial charge in [-0.2, -0.15) is 0 Å². The van der Waals surface area contributed by atoms with Gasteiger partial charge in [0.05, 0.1) is 12.3 Å². The summed E-state index contributed by atoms with van der Waals surface area (Å²) in [5, 5.41) is 0. The molecule has 1 aromatic carbocycles. The highest BCUT2D eigenvalue weighted by Gasteiger charge is 2.00. The molecular formula is C12H18FNO2. The van der Waals surface area contributed by atoms with Crippen molar-refractivity contribution in [3.63, 3.8) is 0 Å². The lowest BCUT2D eigenvalue weighted by Crippen LogP contribution is -2.10. The number of rotatable bonds is 6. The van der Waals surface area contributed by atoms with Crippen LogP contribution in [-0.2, 0) is 4.74 Å². The van der Waals surface area contributed by atoms with Gasteiger partial charge in [0.2, 0.25) is 0 Å². The Kier molecular flexibility index (Phi) is 5.05. The van der Waals surface area contributed by atoms with Gasteiger partial charge in [-0.15, -0.1) is 0 Å². The van der Waals surface area contributed by atoms with Gasteiger partial charge in [-0.1, -0.05) is 13.8 Å². The van der Waals surface area contributed by atoms with E-state index in [4.69, 9.17) is 15.2 Å². The molecule has 0 atom stereocenters. The molecule has 0 aliphatic heterocycles. The van der Waals surface area contributed by atoms with Crippen molar-refractivity contribution < 1.29 is 13.9 Å². The molecule has 0 aliphatic carbocycles. The van der Waals surface area contributed by atoms with Gasteiger partial charge in [0.15, 0.2) is 0 Å². The molecule has 1 aromatic rings. The van der Waals surface area contributed by atoms with Crippen LogP contribution in [0.5, 0.6) is 5.75 Å². The Labute approximate surface area is 95.4 Å². The van der Waals surface area contributed by atoms with Gasteiger partial charge in [0.25, 0.3) is 0 Å². The number of benzene rings is 1. The highest BCUT2D eigenvalue weighted by molar-refractivity contribution is 5.43. The monoisotopic (exact) mass is 227 g/mol. The third kappa shape index (κ3) is 4.49. The fourth-order valence-electron chi connectivity index (χ4n) is 1.14. The third-order valence-electron chi connectivity index (χ3n) is 1.92. The number of nitrogens with two attached hydrogens (primary N) is 1. The van der Waals surface area contributed by atoms with Gasteiger partial charge in [-0.05, 0) is 18.1 Å². The van der Waals surface area contributed by atoms with Gasteiger partial charge in [0.1, 0.15) is 18.2 Å². The summed E-state index contributed by atoms with van der Waals surface area (Å²) in [6, 6.07) is 4.40. The minimum Gasteiger partial charge on any atom is -0.491 e. The summed E-state index contributed by atoms with van der Waals surface area (Å²) in [5.74, 6) is 0.523. The van der Waals surface area contributed by atoms with E-state index in [-0.39, 0.29) is 5.69 Å². The molecule has 0 amide bonds. The lowest BCUT2D eigenvalue weighted by Gasteiger charge is -2.09. The summed E-state index contributed by atoms with van der Waals surface area (Å²) < 4.78 is 23.7. The maximum absolute atomic E-state index is 13.0. The van der Waals surface area contributed by atoms with Crippen LogP contribution in [0.15, 0.2) is 18.2 Å². The topological polar surface area (TPSA) is 44.5 Å². The largest absolute Gasteiger partial charge is 0.491 e. The smallest absolute Gasteiger partial charge is 0.149 e. The number of hydrogen-bond acceptors (Lipinski definition) is 3. The first-order chi connectivity index (χ1) is 7.59. The van der Waals surface area contributed by atoms with E-state index < -0.39 is 5.82 Å². The van der Waals surface area contributed by atoms with Crippen LogP contribution in [0.1, 0.15) is 13.8 Å². The van der Waals surface area contributed by atoms with Crippen molar-refractivity contribution in [2.24, 2.45) is 5.92 Å². The average molecular weight is 227 g/mol. The molecule has 3 nitrogen and oxygen atoms in total. The molecule has 0 aromatic heterocycles. The normalized spacial score (nSPS) is 10.8. The second-order valence-electron chi connectivity index (χ2n) is 4.00. The standard InChI is InChI=1S/C12H18FNO2/c1-9(2)8-15-5-6-16-10-3-4-12(14)11(13)7-10/h3-4,7,9H,5-6,8,14H2,1-2H3. The SMILES string of the molecule is CC(C)COCCOc1ccc(N)c(F)c1. The zero-order valence-corrected chi connectivity index (χ0v) is 9.70. The van der Waals surface area contributed by atoms with Crippen LogP contribution in [-0.4, -0.2) is 19.8 Å². The van der Waals surface area contributed by atoms with Crippen molar-refractivity contribution in [2.45, 2.75) is 13.8 Å². The minimum atomic E-state index is -0.458. The van der Waals surface area contributed by atoms with E-state index in [1.54, 1.807) is 6.07 Å². The summed E-state index contributed by atoms with van der Waals surface area (Å²) in [6.07, 6.45) is 0. The van der Waals surface area contributed by atoms with E-state index in [1.165, 1.54) is 12.1 Å². The number of anilines is 1. The first kappa shape index (κ1) is 12.8. The quantitative estimate of drug-likeness (QED) is 0.599. The second kappa shape index (κ2) is 6.33. The molecule has 0 unspecified atom stereocenters. The van der Waals surface area contributed by atoms with Crippen molar-refractivity contribution in [3.05, 3.63) is 24.0 Å². The lowest BCUT2D eigenvalue weighted by atomic mass is 10.2. The molecule has 2 N–H and O–H groups in total. The molecule has 1 rings (SSSR count).